The third kappa shape index (κ3) is 5.39. The number of nitrogens with zero attached hydrogens (tertiary/aromatic N) is 4. The number of amides is 1. The van der Waals surface area contributed by atoms with Crippen molar-refractivity contribution < 1.29 is 19.4 Å². The molecule has 1 amide bonds. The first-order chi connectivity index (χ1) is 14.3. The number of hydrogen-bond acceptors (Lipinski definition) is 7. The highest BCUT2D eigenvalue weighted by molar-refractivity contribution is 5.75. The van der Waals surface area contributed by atoms with Crippen LogP contribution in [0.5, 0.6) is 0 Å². The number of aryl methyl sites for hydroxylation is 1. The summed E-state index contributed by atoms with van der Waals surface area (Å²) >= 11 is 0. The van der Waals surface area contributed by atoms with Gasteiger partial charge in [-0.15, -0.1) is 0 Å². The second-order valence-electron chi connectivity index (χ2n) is 7.60. The highest BCUT2D eigenvalue weighted by Crippen LogP contribution is 2.35. The minimum Gasteiger partial charge on any atom is -0.481 e. The van der Waals surface area contributed by atoms with Crippen molar-refractivity contribution in [1.29, 1.82) is 0 Å². The van der Waals surface area contributed by atoms with E-state index in [1.807, 2.05) is 23.9 Å². The van der Waals surface area contributed by atoms with Crippen LogP contribution in [-0.4, -0.2) is 62.0 Å². The van der Waals surface area contributed by atoms with Crippen LogP contribution in [0.1, 0.15) is 49.3 Å². The van der Waals surface area contributed by atoms with E-state index in [0.717, 1.165) is 56.4 Å². The molecular formula is C20H28N6O4. The highest BCUT2D eigenvalue weighted by Gasteiger charge is 2.36. The standard InChI is InChI=1S/C18H24N6O2.C2H4O2/c1-11-10-20-5-4-14(11)24-18(22-17(23-24)9-16(19)25)12-2-3-15-13(8-12)21-6-7-26-15;1-2(3)4/h4-5,10,12-13,15,21H,2-3,6-9H2,1H3,(H2,19,25);1H3,(H,3,4)/t12-,13+,15+;/m0./s1. The number of aliphatic carboxylic acids is 1. The number of pyridine rings is 1. The molecule has 1 saturated heterocycles. The lowest BCUT2D eigenvalue weighted by molar-refractivity contribution is -0.134. The van der Waals surface area contributed by atoms with Gasteiger partial charge in [-0.1, -0.05) is 0 Å². The maximum Gasteiger partial charge on any atom is 0.300 e. The number of carbonyl (C=O) groups excluding carboxylic acids is 1. The molecule has 0 unspecified atom stereocenters. The fraction of sp³-hybridized carbons (Fsp3) is 0.550. The number of hydrogen-bond donors (Lipinski definition) is 3. The molecule has 10 nitrogen and oxygen atoms in total. The first-order valence-electron chi connectivity index (χ1n) is 10.0. The van der Waals surface area contributed by atoms with Crippen LogP contribution in [-0.2, 0) is 20.7 Å². The summed E-state index contributed by atoms with van der Waals surface area (Å²) in [7, 11) is 0. The van der Waals surface area contributed by atoms with Crippen molar-refractivity contribution in [1.82, 2.24) is 25.1 Å². The van der Waals surface area contributed by atoms with Gasteiger partial charge in [-0.3, -0.25) is 14.6 Å². The molecule has 2 aromatic rings. The first kappa shape index (κ1) is 21.8. The van der Waals surface area contributed by atoms with Gasteiger partial charge in [0.25, 0.3) is 5.97 Å². The van der Waals surface area contributed by atoms with E-state index in [2.05, 4.69) is 15.4 Å². The van der Waals surface area contributed by atoms with Crippen LogP contribution in [0.4, 0.5) is 0 Å². The lowest BCUT2D eigenvalue weighted by atomic mass is 9.82. The number of carboxylic acids is 1. The quantitative estimate of drug-likeness (QED) is 0.661. The molecule has 1 aliphatic heterocycles. The number of nitrogens with two attached hydrogens (primary N) is 1. The monoisotopic (exact) mass is 416 g/mol. The van der Waals surface area contributed by atoms with Gasteiger partial charge in [0, 0.05) is 37.8 Å². The van der Waals surface area contributed by atoms with Gasteiger partial charge >= 0.3 is 0 Å². The third-order valence-corrected chi connectivity index (χ3v) is 5.22. The normalized spacial score (nSPS) is 23.1. The highest BCUT2D eigenvalue weighted by atomic mass is 16.5. The summed E-state index contributed by atoms with van der Waals surface area (Å²) in [6.07, 6.45) is 6.81. The Kier molecular flexibility index (Phi) is 7.11. The van der Waals surface area contributed by atoms with E-state index in [1.165, 1.54) is 0 Å². The van der Waals surface area contributed by atoms with E-state index >= 15 is 0 Å². The Labute approximate surface area is 174 Å². The van der Waals surface area contributed by atoms with Crippen molar-refractivity contribution in [3.63, 3.8) is 0 Å². The van der Waals surface area contributed by atoms with Crippen LogP contribution in [0.15, 0.2) is 18.5 Å². The number of carboxylic acid groups (broad SMARTS) is 1. The minimum atomic E-state index is -0.833. The fourth-order valence-corrected chi connectivity index (χ4v) is 3.99. The van der Waals surface area contributed by atoms with E-state index in [1.54, 1.807) is 6.20 Å². The predicted molar refractivity (Wildman–Crippen MR) is 108 cm³/mol. The van der Waals surface area contributed by atoms with Gasteiger partial charge in [0.1, 0.15) is 5.82 Å². The second-order valence-corrected chi connectivity index (χ2v) is 7.60. The van der Waals surface area contributed by atoms with Crippen LogP contribution >= 0.6 is 0 Å². The molecule has 3 atom stereocenters. The largest absolute Gasteiger partial charge is 0.481 e. The lowest BCUT2D eigenvalue weighted by Crippen LogP contribution is -2.51. The van der Waals surface area contributed by atoms with E-state index in [9.17, 15) is 4.79 Å². The number of carbonyl (C=O) groups is 2. The Morgan fingerprint density at radius 2 is 2.17 bits per heavy atom. The zero-order valence-corrected chi connectivity index (χ0v) is 17.2. The van der Waals surface area contributed by atoms with Crippen molar-refractivity contribution in [3.05, 3.63) is 35.7 Å². The van der Waals surface area contributed by atoms with E-state index < -0.39 is 11.9 Å². The van der Waals surface area contributed by atoms with E-state index in [0.29, 0.717) is 11.9 Å². The smallest absolute Gasteiger partial charge is 0.300 e. The Bertz CT molecular complexity index is 895. The number of morpholine rings is 1. The summed E-state index contributed by atoms with van der Waals surface area (Å²) in [5, 5.41) is 15.6. The second kappa shape index (κ2) is 9.77. The van der Waals surface area contributed by atoms with Gasteiger partial charge in [0.15, 0.2) is 5.82 Å². The Morgan fingerprint density at radius 3 is 2.87 bits per heavy atom. The lowest BCUT2D eigenvalue weighted by Gasteiger charge is -2.39. The zero-order chi connectivity index (χ0) is 21.7. The predicted octanol–water partition coefficient (Wildman–Crippen LogP) is 0.714. The van der Waals surface area contributed by atoms with Gasteiger partial charge in [-0.25, -0.2) is 9.67 Å². The third-order valence-electron chi connectivity index (χ3n) is 5.22. The summed E-state index contributed by atoms with van der Waals surface area (Å²) in [6.45, 7) is 4.74. The first-order valence-corrected chi connectivity index (χ1v) is 10.0. The van der Waals surface area contributed by atoms with Crippen molar-refractivity contribution in [3.8, 4) is 5.69 Å². The van der Waals surface area contributed by atoms with Crippen molar-refractivity contribution in [2.24, 2.45) is 5.73 Å². The van der Waals surface area contributed by atoms with Crippen molar-refractivity contribution in [2.75, 3.05) is 13.2 Å². The van der Waals surface area contributed by atoms with Gasteiger partial charge in [0.05, 0.1) is 24.8 Å². The molecule has 0 bridgehead atoms. The Hall–Kier alpha value is -2.85. The fourth-order valence-electron chi connectivity index (χ4n) is 3.99. The van der Waals surface area contributed by atoms with Gasteiger partial charge in [0.2, 0.25) is 5.91 Å². The van der Waals surface area contributed by atoms with Crippen LogP contribution in [0, 0.1) is 6.92 Å². The summed E-state index contributed by atoms with van der Waals surface area (Å²) in [5.74, 6) is 0.360. The van der Waals surface area contributed by atoms with E-state index in [-0.39, 0.29) is 18.4 Å². The number of primary amides is 1. The summed E-state index contributed by atoms with van der Waals surface area (Å²) in [6, 6.07) is 2.26. The van der Waals surface area contributed by atoms with Crippen LogP contribution in [0.2, 0.25) is 0 Å². The molecule has 4 N–H and O–H groups in total. The zero-order valence-electron chi connectivity index (χ0n) is 17.2. The Balaban J connectivity index is 0.000000589. The van der Waals surface area contributed by atoms with Gasteiger partial charge in [-0.05, 0) is 37.8 Å². The molecule has 3 heterocycles. The number of fused-ring (bicyclic) bond motifs is 1. The van der Waals surface area contributed by atoms with Crippen molar-refractivity contribution >= 4 is 11.9 Å². The molecule has 10 heteroatoms. The molecule has 0 aromatic carbocycles. The molecule has 1 saturated carbocycles. The molecule has 1 aliphatic carbocycles. The molecule has 0 radical (unpaired) electrons. The summed E-state index contributed by atoms with van der Waals surface area (Å²) < 4.78 is 7.75. The average molecular weight is 416 g/mol. The molecule has 0 spiro atoms. The van der Waals surface area contributed by atoms with Gasteiger partial charge in [-0.2, -0.15) is 5.10 Å². The van der Waals surface area contributed by atoms with Crippen molar-refractivity contribution in [2.45, 2.75) is 57.6 Å². The number of ether oxygens (including phenoxy) is 1. The van der Waals surface area contributed by atoms with Crippen LogP contribution in [0.3, 0.4) is 0 Å². The average Bonchev–Trinajstić information content (AvgIpc) is 3.10. The Morgan fingerprint density at radius 1 is 1.40 bits per heavy atom. The maximum absolute atomic E-state index is 11.4. The summed E-state index contributed by atoms with van der Waals surface area (Å²) in [4.78, 5) is 29.2. The maximum atomic E-state index is 11.4. The minimum absolute atomic E-state index is 0.0459. The number of nitrogens with one attached hydrogen (secondary N) is 1. The molecular weight excluding hydrogens is 388 g/mol. The molecule has 2 aromatic heterocycles. The molecule has 162 valence electrons. The molecule has 30 heavy (non-hydrogen) atoms. The SMILES string of the molecule is CC(=O)O.Cc1cnccc1-n1nc(CC(N)=O)nc1[C@H]1CC[C@H]2OCCN[C@@H]2C1. The topological polar surface area (TPSA) is 145 Å². The summed E-state index contributed by atoms with van der Waals surface area (Å²) in [5.41, 5.74) is 7.30. The number of aromatic nitrogens is 4. The molecule has 4 rings (SSSR count). The van der Waals surface area contributed by atoms with Gasteiger partial charge < -0.3 is 20.9 Å². The van der Waals surface area contributed by atoms with E-state index in [4.69, 9.17) is 25.4 Å². The number of rotatable bonds is 4. The molecule has 2 fully saturated rings. The van der Waals surface area contributed by atoms with Crippen LogP contribution in [0.25, 0.3) is 5.69 Å². The van der Waals surface area contributed by atoms with Crippen LogP contribution < -0.4 is 11.1 Å². The molecule has 2 aliphatic rings.